The Labute approximate surface area is 97.4 Å². The molecule has 0 spiro atoms. The Balaban J connectivity index is 2.51. The van der Waals surface area contributed by atoms with E-state index in [1.54, 1.807) is 12.1 Å². The second-order valence-electron chi connectivity index (χ2n) is 3.20. The molecule has 3 nitrogen and oxygen atoms in total. The fourth-order valence-corrected chi connectivity index (χ4v) is 1.32. The van der Waals surface area contributed by atoms with Crippen molar-refractivity contribution in [3.8, 4) is 5.75 Å². The number of aryl methyl sites for hydroxylation is 1. The van der Waals surface area contributed by atoms with Gasteiger partial charge >= 0.3 is 5.97 Å². The van der Waals surface area contributed by atoms with E-state index in [1.807, 2.05) is 19.9 Å². The maximum absolute atomic E-state index is 11.0. The van der Waals surface area contributed by atoms with Gasteiger partial charge in [0, 0.05) is 10.9 Å². The summed E-state index contributed by atoms with van der Waals surface area (Å²) in [6.07, 6.45) is 1.12. The van der Waals surface area contributed by atoms with Gasteiger partial charge in [-0.15, -0.1) is 0 Å². The molecule has 0 aromatic heterocycles. The van der Waals surface area contributed by atoms with Gasteiger partial charge in [-0.05, 0) is 31.0 Å². The van der Waals surface area contributed by atoms with Crippen LogP contribution in [0.5, 0.6) is 5.75 Å². The molecule has 0 aliphatic carbocycles. The predicted octanol–water partition coefficient (Wildman–Crippen LogP) is 3.39. The van der Waals surface area contributed by atoms with Crippen LogP contribution in [0.15, 0.2) is 22.7 Å². The molecule has 0 radical (unpaired) electrons. The molecule has 1 rings (SSSR count). The Kier molecular flexibility index (Phi) is 4.62. The monoisotopic (exact) mass is 272 g/mol. The first kappa shape index (κ1) is 12.0. The number of benzene rings is 1. The van der Waals surface area contributed by atoms with E-state index >= 15 is 0 Å². The van der Waals surface area contributed by atoms with Crippen molar-refractivity contribution >= 4 is 21.9 Å². The van der Waals surface area contributed by atoms with E-state index in [0.717, 1.165) is 16.5 Å². The molecule has 0 saturated carbocycles. The Morgan fingerprint density at radius 3 is 2.80 bits per heavy atom. The predicted molar refractivity (Wildman–Crippen MR) is 60.5 cm³/mol. The van der Waals surface area contributed by atoms with Crippen molar-refractivity contribution in [2.45, 2.75) is 26.7 Å². The van der Waals surface area contributed by atoms with Gasteiger partial charge in [0.05, 0.1) is 0 Å². The SMILES string of the molecule is CCCC(=O)OOc1ccc(C)c(Br)c1. The van der Waals surface area contributed by atoms with Crippen LogP contribution >= 0.6 is 15.9 Å². The minimum atomic E-state index is -0.353. The minimum Gasteiger partial charge on any atom is -0.287 e. The van der Waals surface area contributed by atoms with E-state index in [2.05, 4.69) is 20.8 Å². The highest BCUT2D eigenvalue weighted by Crippen LogP contribution is 2.22. The van der Waals surface area contributed by atoms with Crippen LogP contribution in [-0.4, -0.2) is 5.97 Å². The van der Waals surface area contributed by atoms with Crippen LogP contribution in [0.2, 0.25) is 0 Å². The smallest absolute Gasteiger partial charge is 0.287 e. The van der Waals surface area contributed by atoms with Gasteiger partial charge < -0.3 is 0 Å². The summed E-state index contributed by atoms with van der Waals surface area (Å²) in [7, 11) is 0. The standard InChI is InChI=1S/C11H13BrO3/c1-3-4-11(13)15-14-9-6-5-8(2)10(12)7-9/h5-7H,3-4H2,1-2H3. The van der Waals surface area contributed by atoms with Gasteiger partial charge in [0.15, 0.2) is 5.75 Å². The van der Waals surface area contributed by atoms with Gasteiger partial charge in [0.25, 0.3) is 0 Å². The molecule has 0 saturated heterocycles. The molecule has 4 heteroatoms. The zero-order valence-corrected chi connectivity index (χ0v) is 10.3. The van der Waals surface area contributed by atoms with E-state index in [-0.39, 0.29) is 5.97 Å². The molecular formula is C11H13BrO3. The Morgan fingerprint density at radius 1 is 1.47 bits per heavy atom. The fraction of sp³-hybridized carbons (Fsp3) is 0.364. The third-order valence-corrected chi connectivity index (χ3v) is 2.68. The third-order valence-electron chi connectivity index (χ3n) is 1.83. The van der Waals surface area contributed by atoms with Gasteiger partial charge in [-0.25, -0.2) is 4.79 Å². The average molecular weight is 273 g/mol. The number of halogens is 1. The summed E-state index contributed by atoms with van der Waals surface area (Å²) in [6, 6.07) is 5.39. The molecule has 0 aliphatic rings. The lowest BCUT2D eigenvalue weighted by Gasteiger charge is -2.05. The first-order chi connectivity index (χ1) is 7.13. The first-order valence-corrected chi connectivity index (χ1v) is 5.56. The largest absolute Gasteiger partial charge is 0.355 e. The third kappa shape index (κ3) is 3.91. The molecule has 0 atom stereocenters. The van der Waals surface area contributed by atoms with Crippen molar-refractivity contribution < 1.29 is 14.6 Å². The van der Waals surface area contributed by atoms with Gasteiger partial charge in [0.1, 0.15) is 0 Å². The lowest BCUT2D eigenvalue weighted by molar-refractivity contribution is -0.213. The lowest BCUT2D eigenvalue weighted by Crippen LogP contribution is -2.07. The van der Waals surface area contributed by atoms with E-state index in [9.17, 15) is 4.79 Å². The Morgan fingerprint density at radius 2 is 2.20 bits per heavy atom. The lowest BCUT2D eigenvalue weighted by atomic mass is 10.2. The molecule has 1 aromatic rings. The van der Waals surface area contributed by atoms with E-state index in [0.29, 0.717) is 12.2 Å². The van der Waals surface area contributed by atoms with E-state index in [4.69, 9.17) is 4.89 Å². The fourth-order valence-electron chi connectivity index (χ4n) is 0.966. The molecule has 0 unspecified atom stereocenters. The highest BCUT2D eigenvalue weighted by Gasteiger charge is 2.04. The van der Waals surface area contributed by atoms with Gasteiger partial charge in [-0.2, -0.15) is 0 Å². The van der Waals surface area contributed by atoms with Crippen molar-refractivity contribution in [1.82, 2.24) is 0 Å². The number of carbonyl (C=O) groups is 1. The average Bonchev–Trinajstić information content (AvgIpc) is 2.20. The molecular weight excluding hydrogens is 260 g/mol. The summed E-state index contributed by atoms with van der Waals surface area (Å²) >= 11 is 3.36. The molecule has 15 heavy (non-hydrogen) atoms. The maximum atomic E-state index is 11.0. The second-order valence-corrected chi connectivity index (χ2v) is 4.05. The van der Waals surface area contributed by atoms with Crippen molar-refractivity contribution in [2.24, 2.45) is 0 Å². The summed E-state index contributed by atoms with van der Waals surface area (Å²) in [5, 5.41) is 0. The number of rotatable bonds is 4. The van der Waals surface area contributed by atoms with Gasteiger partial charge in [-0.1, -0.05) is 28.9 Å². The number of hydrogen-bond donors (Lipinski definition) is 0. The maximum Gasteiger partial charge on any atom is 0.355 e. The van der Waals surface area contributed by atoms with Crippen molar-refractivity contribution in [3.63, 3.8) is 0 Å². The van der Waals surface area contributed by atoms with Gasteiger partial charge in [-0.3, -0.25) is 9.78 Å². The second kappa shape index (κ2) is 5.75. The zero-order valence-electron chi connectivity index (χ0n) is 8.75. The van der Waals surface area contributed by atoms with Crippen molar-refractivity contribution in [1.29, 1.82) is 0 Å². The van der Waals surface area contributed by atoms with E-state index in [1.165, 1.54) is 0 Å². The van der Waals surface area contributed by atoms with Crippen molar-refractivity contribution in [3.05, 3.63) is 28.2 Å². The normalized spacial score (nSPS) is 9.80. The molecule has 82 valence electrons. The summed E-state index contributed by atoms with van der Waals surface area (Å²) in [6.45, 7) is 3.88. The topological polar surface area (TPSA) is 35.5 Å². The quantitative estimate of drug-likeness (QED) is 0.623. The Bertz CT molecular complexity index is 350. The number of carbonyl (C=O) groups excluding carboxylic acids is 1. The summed E-state index contributed by atoms with van der Waals surface area (Å²) in [5.74, 6) is 0.158. The molecule has 0 amide bonds. The molecule has 0 heterocycles. The molecule has 0 bridgehead atoms. The Hall–Kier alpha value is -1.03. The van der Waals surface area contributed by atoms with Crippen LogP contribution in [0.4, 0.5) is 0 Å². The van der Waals surface area contributed by atoms with Crippen LogP contribution in [0.25, 0.3) is 0 Å². The van der Waals surface area contributed by atoms with Crippen LogP contribution in [-0.2, 0) is 9.68 Å². The van der Waals surface area contributed by atoms with E-state index < -0.39 is 0 Å². The van der Waals surface area contributed by atoms with Crippen LogP contribution in [0.1, 0.15) is 25.3 Å². The molecule has 1 aromatic carbocycles. The van der Waals surface area contributed by atoms with Gasteiger partial charge in [0.2, 0.25) is 0 Å². The zero-order chi connectivity index (χ0) is 11.3. The highest BCUT2D eigenvalue weighted by molar-refractivity contribution is 9.10. The summed E-state index contributed by atoms with van der Waals surface area (Å²) in [5.41, 5.74) is 1.10. The molecule has 0 fully saturated rings. The van der Waals surface area contributed by atoms with Crippen LogP contribution in [0.3, 0.4) is 0 Å². The molecule has 0 N–H and O–H groups in total. The first-order valence-electron chi connectivity index (χ1n) is 4.77. The van der Waals surface area contributed by atoms with Crippen LogP contribution in [0, 0.1) is 6.92 Å². The highest BCUT2D eigenvalue weighted by atomic mass is 79.9. The van der Waals surface area contributed by atoms with Crippen molar-refractivity contribution in [2.75, 3.05) is 0 Å². The summed E-state index contributed by atoms with van der Waals surface area (Å²) in [4.78, 5) is 20.5. The summed E-state index contributed by atoms with van der Waals surface area (Å²) < 4.78 is 0.923. The minimum absolute atomic E-state index is 0.353. The van der Waals surface area contributed by atoms with Crippen LogP contribution < -0.4 is 4.89 Å². The number of hydrogen-bond acceptors (Lipinski definition) is 3. The molecule has 0 aliphatic heterocycles.